The van der Waals surface area contributed by atoms with Gasteiger partial charge >= 0.3 is 0 Å². The van der Waals surface area contributed by atoms with Gasteiger partial charge in [-0.2, -0.15) is 4.39 Å². The smallest absolute Gasteiger partial charge is 0.202 e. The van der Waals surface area contributed by atoms with Gasteiger partial charge in [-0.3, -0.25) is 9.80 Å². The van der Waals surface area contributed by atoms with E-state index in [0.717, 1.165) is 70.9 Å². The molecule has 2 unspecified atom stereocenters. The second-order valence-corrected chi connectivity index (χ2v) is 10.1. The summed E-state index contributed by atoms with van der Waals surface area (Å²) >= 11 is 0. The number of benzene rings is 2. The highest BCUT2D eigenvalue weighted by Crippen LogP contribution is 2.33. The number of methoxy groups -OCH3 is 2. The number of hydrogen-bond acceptors (Lipinski definition) is 6. The Bertz CT molecular complexity index is 1040. The van der Waals surface area contributed by atoms with Crippen LogP contribution in [0.4, 0.5) is 24.5 Å². The molecule has 0 N–H and O–H groups in total. The first-order chi connectivity index (χ1) is 17.8. The molecule has 0 aromatic heterocycles. The fourth-order valence-corrected chi connectivity index (χ4v) is 5.49. The fraction of sp³-hybridized carbons (Fsp3) is 0.571. The summed E-state index contributed by atoms with van der Waals surface area (Å²) in [5.41, 5.74) is 1.51. The predicted molar refractivity (Wildman–Crippen MR) is 142 cm³/mol. The Morgan fingerprint density at radius 1 is 0.703 bits per heavy atom. The van der Waals surface area contributed by atoms with Crippen molar-refractivity contribution in [2.45, 2.75) is 38.8 Å². The molecule has 0 spiro atoms. The fourth-order valence-electron chi connectivity index (χ4n) is 5.49. The molecule has 204 valence electrons. The van der Waals surface area contributed by atoms with Crippen molar-refractivity contribution in [3.63, 3.8) is 0 Å². The molecule has 0 bridgehead atoms. The lowest BCUT2D eigenvalue weighted by atomic mass is 10.0. The third-order valence-corrected chi connectivity index (χ3v) is 7.95. The predicted octanol–water partition coefficient (Wildman–Crippen LogP) is 4.62. The molecule has 2 saturated heterocycles. The van der Waals surface area contributed by atoms with E-state index in [2.05, 4.69) is 33.4 Å². The standard InChI is InChI=1S/C28H39F3N4O2/c1-20(32-11-15-34(16-12-32)22-7-10-26(36-3)24(30)19-22)5-6-21(2)33-13-17-35(18-14-33)25-9-8-23(29)27(31)28(25)37-4/h7-10,19-21H,5-6,11-18H2,1-4H3. The summed E-state index contributed by atoms with van der Waals surface area (Å²) in [6.45, 7) is 11.5. The molecular weight excluding hydrogens is 481 g/mol. The molecule has 2 aliphatic heterocycles. The van der Waals surface area contributed by atoms with Gasteiger partial charge in [-0.25, -0.2) is 8.78 Å². The molecule has 0 amide bonds. The van der Waals surface area contributed by atoms with Gasteiger partial charge in [0.2, 0.25) is 5.82 Å². The Morgan fingerprint density at radius 3 is 1.78 bits per heavy atom. The quantitative estimate of drug-likeness (QED) is 0.480. The minimum absolute atomic E-state index is 0.0208. The average Bonchev–Trinajstić information content (AvgIpc) is 2.93. The molecule has 9 heteroatoms. The maximum atomic E-state index is 14.1. The minimum atomic E-state index is -0.929. The molecule has 0 radical (unpaired) electrons. The van der Waals surface area contributed by atoms with Crippen LogP contribution < -0.4 is 19.3 Å². The van der Waals surface area contributed by atoms with Crippen molar-refractivity contribution in [3.8, 4) is 11.5 Å². The Balaban J connectivity index is 1.21. The van der Waals surface area contributed by atoms with Crippen molar-refractivity contribution >= 4 is 11.4 Å². The highest BCUT2D eigenvalue weighted by molar-refractivity contribution is 5.59. The number of rotatable bonds is 9. The summed E-state index contributed by atoms with van der Waals surface area (Å²) in [5, 5.41) is 0. The molecule has 4 rings (SSSR count). The average molecular weight is 521 g/mol. The van der Waals surface area contributed by atoms with Crippen LogP contribution in [0.2, 0.25) is 0 Å². The van der Waals surface area contributed by atoms with Crippen molar-refractivity contribution < 1.29 is 22.6 Å². The zero-order valence-corrected chi connectivity index (χ0v) is 22.4. The van der Waals surface area contributed by atoms with Crippen LogP contribution in [0.15, 0.2) is 30.3 Å². The first-order valence-electron chi connectivity index (χ1n) is 13.2. The molecule has 2 atom stereocenters. The van der Waals surface area contributed by atoms with Crippen LogP contribution in [0.25, 0.3) is 0 Å². The highest BCUT2D eigenvalue weighted by atomic mass is 19.2. The SMILES string of the molecule is COc1ccc(N2CCN(C(C)CCC(C)N3CCN(c4ccc(F)c(F)c4OC)CC3)CC2)cc1F. The molecule has 6 nitrogen and oxygen atoms in total. The first kappa shape index (κ1) is 27.4. The lowest BCUT2D eigenvalue weighted by molar-refractivity contribution is 0.151. The van der Waals surface area contributed by atoms with Gasteiger partial charge in [-0.15, -0.1) is 0 Å². The van der Waals surface area contributed by atoms with E-state index in [1.165, 1.54) is 20.3 Å². The molecule has 2 aliphatic rings. The zero-order chi connectivity index (χ0) is 26.5. The second-order valence-electron chi connectivity index (χ2n) is 10.1. The largest absolute Gasteiger partial charge is 0.494 e. The van der Waals surface area contributed by atoms with Crippen molar-refractivity contribution in [1.29, 1.82) is 0 Å². The van der Waals surface area contributed by atoms with Crippen molar-refractivity contribution in [3.05, 3.63) is 47.8 Å². The second kappa shape index (κ2) is 12.3. The molecule has 2 aromatic rings. The summed E-state index contributed by atoms with van der Waals surface area (Å²) in [4.78, 5) is 9.30. The number of hydrogen-bond donors (Lipinski definition) is 0. The lowest BCUT2D eigenvalue weighted by Gasteiger charge is -2.41. The summed E-state index contributed by atoms with van der Waals surface area (Å²) in [6.07, 6.45) is 2.20. The number of ether oxygens (including phenoxy) is 2. The van der Waals surface area contributed by atoms with E-state index in [1.807, 2.05) is 6.07 Å². The van der Waals surface area contributed by atoms with Crippen LogP contribution in [0.3, 0.4) is 0 Å². The topological polar surface area (TPSA) is 31.4 Å². The van der Waals surface area contributed by atoms with E-state index in [4.69, 9.17) is 9.47 Å². The lowest BCUT2D eigenvalue weighted by Crippen LogP contribution is -2.51. The van der Waals surface area contributed by atoms with Gasteiger partial charge in [-0.05, 0) is 51.0 Å². The number of halogens is 3. The van der Waals surface area contributed by atoms with E-state index < -0.39 is 11.6 Å². The Labute approximate surface area is 218 Å². The zero-order valence-electron chi connectivity index (χ0n) is 22.4. The number of nitrogens with zero attached hydrogens (tertiary/aromatic N) is 4. The summed E-state index contributed by atoms with van der Waals surface area (Å²) in [7, 11) is 2.85. The third-order valence-electron chi connectivity index (χ3n) is 7.95. The van der Waals surface area contributed by atoms with Crippen LogP contribution in [-0.4, -0.2) is 88.5 Å². The van der Waals surface area contributed by atoms with E-state index in [9.17, 15) is 13.2 Å². The normalized spacial score (nSPS) is 19.1. The third kappa shape index (κ3) is 6.26. The van der Waals surface area contributed by atoms with Crippen LogP contribution in [0, 0.1) is 17.5 Å². The highest BCUT2D eigenvalue weighted by Gasteiger charge is 2.27. The van der Waals surface area contributed by atoms with Gasteiger partial charge in [0.15, 0.2) is 23.1 Å². The van der Waals surface area contributed by atoms with Crippen molar-refractivity contribution in [2.75, 3.05) is 76.4 Å². The Morgan fingerprint density at radius 2 is 1.27 bits per heavy atom. The molecule has 0 aliphatic carbocycles. The molecule has 37 heavy (non-hydrogen) atoms. The van der Waals surface area contributed by atoms with Crippen LogP contribution in [0.5, 0.6) is 11.5 Å². The summed E-state index contributed by atoms with van der Waals surface area (Å²) in [5.74, 6) is -1.89. The van der Waals surface area contributed by atoms with Gasteiger partial charge in [0, 0.05) is 76.2 Å². The van der Waals surface area contributed by atoms with E-state index in [0.29, 0.717) is 17.8 Å². The van der Waals surface area contributed by atoms with Crippen LogP contribution in [0.1, 0.15) is 26.7 Å². The van der Waals surface area contributed by atoms with Crippen molar-refractivity contribution in [1.82, 2.24) is 9.80 Å². The number of anilines is 2. The monoisotopic (exact) mass is 520 g/mol. The van der Waals surface area contributed by atoms with E-state index in [1.54, 1.807) is 18.2 Å². The Kier molecular flexibility index (Phi) is 9.08. The van der Waals surface area contributed by atoms with E-state index in [-0.39, 0.29) is 17.3 Å². The molecule has 2 fully saturated rings. The molecule has 0 saturated carbocycles. The van der Waals surface area contributed by atoms with Gasteiger partial charge in [0.05, 0.1) is 19.9 Å². The van der Waals surface area contributed by atoms with Gasteiger partial charge in [0.25, 0.3) is 0 Å². The first-order valence-corrected chi connectivity index (χ1v) is 13.2. The maximum absolute atomic E-state index is 14.1. The molecule has 2 heterocycles. The Hall–Kier alpha value is -2.65. The number of piperazine rings is 2. The molecular formula is C28H39F3N4O2. The van der Waals surface area contributed by atoms with Crippen molar-refractivity contribution in [2.24, 2.45) is 0 Å². The molecule has 2 aromatic carbocycles. The van der Waals surface area contributed by atoms with E-state index >= 15 is 0 Å². The van der Waals surface area contributed by atoms with Crippen LogP contribution in [-0.2, 0) is 0 Å². The van der Waals surface area contributed by atoms with Gasteiger partial charge < -0.3 is 19.3 Å². The summed E-state index contributed by atoms with van der Waals surface area (Å²) < 4.78 is 52.0. The minimum Gasteiger partial charge on any atom is -0.494 e. The maximum Gasteiger partial charge on any atom is 0.202 e. The van der Waals surface area contributed by atoms with Crippen LogP contribution >= 0.6 is 0 Å². The van der Waals surface area contributed by atoms with Gasteiger partial charge in [0.1, 0.15) is 0 Å². The summed E-state index contributed by atoms with van der Waals surface area (Å²) in [6, 6.07) is 8.86. The van der Waals surface area contributed by atoms with Gasteiger partial charge in [-0.1, -0.05) is 0 Å².